The first-order chi connectivity index (χ1) is 10.1. The summed E-state index contributed by atoms with van der Waals surface area (Å²) in [4.78, 5) is 9.35. The summed E-state index contributed by atoms with van der Waals surface area (Å²) < 4.78 is 16.1. The first kappa shape index (κ1) is 15.4. The Labute approximate surface area is 125 Å². The smallest absolute Gasteiger partial charge is 0.214 e. The normalized spacial score (nSPS) is 21.6. The Hall–Kier alpha value is -2.04. The summed E-state index contributed by atoms with van der Waals surface area (Å²) in [6, 6.07) is 7.34. The van der Waals surface area contributed by atoms with Gasteiger partial charge < -0.3 is 14.2 Å². The average Bonchev–Trinajstić information content (AvgIpc) is 2.53. The molecular formula is C16H22N2O3. The number of ether oxygens (including phenoxy) is 3. The zero-order valence-corrected chi connectivity index (χ0v) is 13.2. The molecule has 2 rings (SSSR count). The van der Waals surface area contributed by atoms with Crippen LogP contribution in [0.25, 0.3) is 0 Å². The minimum Gasteiger partial charge on any atom is -0.497 e. The van der Waals surface area contributed by atoms with E-state index in [-0.39, 0.29) is 12.1 Å². The highest BCUT2D eigenvalue weighted by Gasteiger charge is 2.31. The fourth-order valence-corrected chi connectivity index (χ4v) is 2.32. The van der Waals surface area contributed by atoms with Crippen LogP contribution in [0.2, 0.25) is 0 Å². The van der Waals surface area contributed by atoms with Crippen LogP contribution in [0.5, 0.6) is 5.75 Å². The van der Waals surface area contributed by atoms with Crippen molar-refractivity contribution >= 4 is 11.8 Å². The van der Waals surface area contributed by atoms with Crippen LogP contribution >= 0.6 is 0 Å². The Kier molecular flexibility index (Phi) is 4.83. The van der Waals surface area contributed by atoms with Gasteiger partial charge in [0.05, 0.1) is 21.3 Å². The van der Waals surface area contributed by atoms with Gasteiger partial charge in [-0.1, -0.05) is 26.0 Å². The molecule has 0 aromatic heterocycles. The molecule has 0 aliphatic carbocycles. The number of rotatable bonds is 3. The van der Waals surface area contributed by atoms with Gasteiger partial charge in [0, 0.05) is 0 Å². The quantitative estimate of drug-likeness (QED) is 0.860. The van der Waals surface area contributed by atoms with E-state index in [1.54, 1.807) is 21.3 Å². The molecule has 21 heavy (non-hydrogen) atoms. The van der Waals surface area contributed by atoms with Gasteiger partial charge in [0.2, 0.25) is 11.8 Å². The molecule has 2 atom stereocenters. The maximum absolute atomic E-state index is 5.45. The maximum atomic E-state index is 5.45. The van der Waals surface area contributed by atoms with E-state index in [2.05, 4.69) is 23.8 Å². The average molecular weight is 290 g/mol. The Morgan fingerprint density at radius 2 is 1.67 bits per heavy atom. The molecule has 0 fully saturated rings. The van der Waals surface area contributed by atoms with Crippen LogP contribution in [0.15, 0.2) is 34.3 Å². The van der Waals surface area contributed by atoms with Crippen LogP contribution in [-0.4, -0.2) is 39.2 Å². The molecule has 0 saturated carbocycles. The van der Waals surface area contributed by atoms with Crippen molar-refractivity contribution in [2.24, 2.45) is 15.9 Å². The van der Waals surface area contributed by atoms with Gasteiger partial charge >= 0.3 is 0 Å². The van der Waals surface area contributed by atoms with Crippen molar-refractivity contribution in [2.45, 2.75) is 25.9 Å². The van der Waals surface area contributed by atoms with E-state index in [9.17, 15) is 0 Å². The van der Waals surface area contributed by atoms with E-state index >= 15 is 0 Å². The van der Waals surface area contributed by atoms with Gasteiger partial charge in [-0.3, -0.25) is 0 Å². The molecule has 0 unspecified atom stereocenters. The van der Waals surface area contributed by atoms with Crippen LogP contribution in [0, 0.1) is 5.92 Å². The molecule has 0 radical (unpaired) electrons. The molecule has 1 aromatic carbocycles. The van der Waals surface area contributed by atoms with E-state index in [0.717, 1.165) is 11.3 Å². The van der Waals surface area contributed by atoms with Gasteiger partial charge in [-0.15, -0.1) is 0 Å². The van der Waals surface area contributed by atoms with Crippen molar-refractivity contribution in [3.63, 3.8) is 0 Å². The van der Waals surface area contributed by atoms with Crippen molar-refractivity contribution in [1.29, 1.82) is 0 Å². The van der Waals surface area contributed by atoms with Crippen LogP contribution in [0.4, 0.5) is 0 Å². The lowest BCUT2D eigenvalue weighted by Gasteiger charge is -2.27. The molecular weight excluding hydrogens is 268 g/mol. The molecule has 0 amide bonds. The lowest BCUT2D eigenvalue weighted by atomic mass is 10.0. The second-order valence-corrected chi connectivity index (χ2v) is 5.21. The summed E-state index contributed by atoms with van der Waals surface area (Å²) in [7, 11) is 4.89. The monoisotopic (exact) mass is 290 g/mol. The fourth-order valence-electron chi connectivity index (χ4n) is 2.32. The Bertz CT molecular complexity index is 552. The predicted octanol–water partition coefficient (Wildman–Crippen LogP) is 2.86. The number of aliphatic imine (C=N–C) groups is 2. The summed E-state index contributed by atoms with van der Waals surface area (Å²) in [5, 5.41) is 0. The third kappa shape index (κ3) is 3.17. The first-order valence-corrected chi connectivity index (χ1v) is 6.98. The third-order valence-electron chi connectivity index (χ3n) is 3.47. The van der Waals surface area contributed by atoms with Crippen molar-refractivity contribution in [1.82, 2.24) is 0 Å². The summed E-state index contributed by atoms with van der Waals surface area (Å²) >= 11 is 0. The van der Waals surface area contributed by atoms with E-state index in [4.69, 9.17) is 14.2 Å². The lowest BCUT2D eigenvalue weighted by molar-refractivity contribution is 0.333. The molecule has 0 N–H and O–H groups in total. The summed E-state index contributed by atoms with van der Waals surface area (Å²) in [6.07, 6.45) is 0. The van der Waals surface area contributed by atoms with E-state index in [1.165, 1.54) is 0 Å². The van der Waals surface area contributed by atoms with Crippen molar-refractivity contribution in [3.8, 4) is 5.75 Å². The number of hydrogen-bond acceptors (Lipinski definition) is 5. The largest absolute Gasteiger partial charge is 0.497 e. The Morgan fingerprint density at radius 3 is 2.24 bits per heavy atom. The first-order valence-electron chi connectivity index (χ1n) is 6.98. The van der Waals surface area contributed by atoms with E-state index < -0.39 is 0 Å². The summed E-state index contributed by atoms with van der Waals surface area (Å²) in [5.74, 6) is 2.31. The second-order valence-electron chi connectivity index (χ2n) is 5.21. The molecule has 0 spiro atoms. The van der Waals surface area contributed by atoms with Crippen LogP contribution in [0.3, 0.4) is 0 Å². The molecule has 1 aromatic rings. The van der Waals surface area contributed by atoms with E-state index in [1.807, 2.05) is 24.3 Å². The Balaban J connectivity index is 2.41. The molecule has 5 nitrogen and oxygen atoms in total. The third-order valence-corrected chi connectivity index (χ3v) is 3.47. The highest BCUT2D eigenvalue weighted by atomic mass is 16.5. The summed E-state index contributed by atoms with van der Waals surface area (Å²) in [6.45, 7) is 4.17. The molecule has 1 heterocycles. The van der Waals surface area contributed by atoms with Crippen LogP contribution < -0.4 is 4.74 Å². The number of hydrogen-bond donors (Lipinski definition) is 0. The van der Waals surface area contributed by atoms with Crippen molar-refractivity contribution in [3.05, 3.63) is 29.8 Å². The number of methoxy groups -OCH3 is 3. The molecule has 1 aliphatic heterocycles. The molecule has 0 saturated heterocycles. The molecule has 114 valence electrons. The zero-order valence-electron chi connectivity index (χ0n) is 13.2. The van der Waals surface area contributed by atoms with Crippen LogP contribution in [0.1, 0.15) is 25.5 Å². The van der Waals surface area contributed by atoms with Gasteiger partial charge in [-0.25, -0.2) is 9.98 Å². The van der Waals surface area contributed by atoms with Crippen molar-refractivity contribution in [2.75, 3.05) is 21.3 Å². The molecule has 1 aliphatic rings. The second kappa shape index (κ2) is 6.61. The minimum absolute atomic E-state index is 0.105. The Morgan fingerprint density at radius 1 is 0.952 bits per heavy atom. The summed E-state index contributed by atoms with van der Waals surface area (Å²) in [5.41, 5.74) is 0.965. The fraction of sp³-hybridized carbons (Fsp3) is 0.500. The van der Waals surface area contributed by atoms with Crippen LogP contribution in [-0.2, 0) is 9.47 Å². The highest BCUT2D eigenvalue weighted by molar-refractivity contribution is 5.94. The maximum Gasteiger partial charge on any atom is 0.214 e. The standard InChI is InChI=1S/C16H22N2O3/c1-10(2)13-15(20-4)18-14(16(17-13)21-5)11-7-6-8-12(9-11)19-3/h6-10,13-14H,1-5H3/t13-,14+/m0/s1. The van der Waals surface area contributed by atoms with E-state index in [0.29, 0.717) is 17.7 Å². The molecule has 0 bridgehead atoms. The van der Waals surface area contributed by atoms with Gasteiger partial charge in [-0.05, 0) is 23.6 Å². The minimum atomic E-state index is -0.296. The predicted molar refractivity (Wildman–Crippen MR) is 83.2 cm³/mol. The topological polar surface area (TPSA) is 52.4 Å². The van der Waals surface area contributed by atoms with Crippen molar-refractivity contribution < 1.29 is 14.2 Å². The number of nitrogens with zero attached hydrogens (tertiary/aromatic N) is 2. The van der Waals surface area contributed by atoms with Gasteiger partial charge in [0.15, 0.2) is 6.04 Å². The highest BCUT2D eigenvalue weighted by Crippen LogP contribution is 2.29. The molecule has 5 heteroatoms. The zero-order chi connectivity index (χ0) is 15.4. The van der Waals surface area contributed by atoms with Gasteiger partial charge in [0.25, 0.3) is 0 Å². The lowest BCUT2D eigenvalue weighted by Crippen LogP contribution is -2.34. The SMILES string of the molecule is COC1=N[C@H](c2cccc(OC)c2)C(OC)=N[C@H]1C(C)C. The van der Waals surface area contributed by atoms with Gasteiger partial charge in [-0.2, -0.15) is 0 Å². The number of benzene rings is 1. The van der Waals surface area contributed by atoms with Gasteiger partial charge in [0.1, 0.15) is 11.8 Å².